The minimum atomic E-state index is -0.986. The number of methoxy groups -OCH3 is 1. The predicted octanol–water partition coefficient (Wildman–Crippen LogP) is 0.802. The van der Waals surface area contributed by atoms with Crippen molar-refractivity contribution >= 4 is 23.5 Å². The van der Waals surface area contributed by atoms with E-state index in [1.807, 2.05) is 24.3 Å². The fourth-order valence-corrected chi connectivity index (χ4v) is 2.67. The van der Waals surface area contributed by atoms with Gasteiger partial charge in [-0.1, -0.05) is 0 Å². The highest BCUT2D eigenvalue weighted by atomic mass is 16.6. The molecule has 8 heteroatoms. The fraction of sp³-hybridized carbons (Fsp3) is 0.526. The quantitative estimate of drug-likeness (QED) is 0.617. The number of nitrogens with zero attached hydrogens (tertiary/aromatic N) is 2. The summed E-state index contributed by atoms with van der Waals surface area (Å²) >= 11 is 0. The van der Waals surface area contributed by atoms with E-state index in [1.165, 1.54) is 0 Å². The van der Waals surface area contributed by atoms with Crippen LogP contribution in [0.3, 0.4) is 0 Å². The summed E-state index contributed by atoms with van der Waals surface area (Å²) in [7, 11) is 1.63. The molecule has 1 saturated heterocycles. The minimum Gasteiger partial charge on any atom is -0.497 e. The summed E-state index contributed by atoms with van der Waals surface area (Å²) in [5.74, 6) is -1.32. The van der Waals surface area contributed by atoms with Crippen molar-refractivity contribution in [1.29, 1.82) is 0 Å². The predicted molar refractivity (Wildman–Crippen MR) is 101 cm³/mol. The molecule has 0 radical (unpaired) electrons. The maximum atomic E-state index is 12.3. The smallest absolute Gasteiger partial charge is 0.397 e. The highest BCUT2D eigenvalue weighted by molar-refractivity contribution is 6.32. The Kier molecular flexibility index (Phi) is 6.65. The number of rotatable bonds is 4. The third kappa shape index (κ3) is 6.16. The topological polar surface area (TPSA) is 88.2 Å². The number of carbonyl (C=O) groups is 3. The van der Waals surface area contributed by atoms with Crippen LogP contribution in [-0.2, 0) is 19.1 Å². The SMILES string of the molecule is COc1ccc(N2CCN(C(=O)CNC(=O)C(=O)OC(C)(C)C)CC2)cc1. The van der Waals surface area contributed by atoms with Crippen LogP contribution in [0.1, 0.15) is 20.8 Å². The molecule has 0 atom stereocenters. The molecule has 0 aromatic heterocycles. The molecule has 1 aromatic rings. The van der Waals surface area contributed by atoms with E-state index < -0.39 is 17.5 Å². The average Bonchev–Trinajstić information content (AvgIpc) is 2.64. The highest BCUT2D eigenvalue weighted by Crippen LogP contribution is 2.20. The lowest BCUT2D eigenvalue weighted by atomic mass is 10.2. The standard InChI is InChI=1S/C19H27N3O5/c1-19(2,3)27-18(25)17(24)20-13-16(23)22-11-9-21(10-12-22)14-5-7-15(26-4)8-6-14/h5-8H,9-13H2,1-4H3,(H,20,24). The number of ether oxygens (including phenoxy) is 2. The van der Waals surface area contributed by atoms with Crippen molar-refractivity contribution < 1.29 is 23.9 Å². The van der Waals surface area contributed by atoms with Crippen molar-refractivity contribution in [1.82, 2.24) is 10.2 Å². The first-order valence-corrected chi connectivity index (χ1v) is 8.87. The molecule has 0 saturated carbocycles. The number of nitrogens with one attached hydrogen (secondary N) is 1. The van der Waals surface area contributed by atoms with Crippen molar-refractivity contribution in [3.63, 3.8) is 0 Å². The van der Waals surface area contributed by atoms with Gasteiger partial charge < -0.3 is 24.6 Å². The molecular formula is C19H27N3O5. The van der Waals surface area contributed by atoms with Gasteiger partial charge in [0, 0.05) is 31.9 Å². The van der Waals surface area contributed by atoms with Crippen LogP contribution in [0.4, 0.5) is 5.69 Å². The van der Waals surface area contributed by atoms with Crippen LogP contribution in [0.5, 0.6) is 5.75 Å². The van der Waals surface area contributed by atoms with Gasteiger partial charge in [0.25, 0.3) is 0 Å². The van der Waals surface area contributed by atoms with Gasteiger partial charge in [0.15, 0.2) is 0 Å². The molecule has 148 valence electrons. The maximum Gasteiger partial charge on any atom is 0.397 e. The molecule has 27 heavy (non-hydrogen) atoms. The summed E-state index contributed by atoms with van der Waals surface area (Å²) in [5.41, 5.74) is 0.317. The number of benzene rings is 1. The van der Waals surface area contributed by atoms with Crippen LogP contribution in [0.2, 0.25) is 0 Å². The Hall–Kier alpha value is -2.77. The molecule has 1 aromatic carbocycles. The Bertz CT molecular complexity index is 674. The van der Waals surface area contributed by atoms with E-state index in [1.54, 1.807) is 32.8 Å². The largest absolute Gasteiger partial charge is 0.497 e. The van der Waals surface area contributed by atoms with Crippen LogP contribution < -0.4 is 15.0 Å². The fourth-order valence-electron chi connectivity index (χ4n) is 2.67. The van der Waals surface area contributed by atoms with Crippen molar-refractivity contribution in [2.75, 3.05) is 44.7 Å². The van der Waals surface area contributed by atoms with Crippen LogP contribution >= 0.6 is 0 Å². The molecule has 0 aliphatic carbocycles. The summed E-state index contributed by atoms with van der Waals surface area (Å²) < 4.78 is 10.1. The molecule has 0 unspecified atom stereocenters. The van der Waals surface area contributed by atoms with Gasteiger partial charge in [0.1, 0.15) is 11.4 Å². The van der Waals surface area contributed by atoms with Crippen molar-refractivity contribution in [3.8, 4) is 5.75 Å². The number of amides is 2. The molecule has 0 spiro atoms. The molecule has 0 bridgehead atoms. The van der Waals surface area contributed by atoms with Gasteiger partial charge in [0.2, 0.25) is 5.91 Å². The number of piperazine rings is 1. The zero-order valence-corrected chi connectivity index (χ0v) is 16.3. The molecule has 1 fully saturated rings. The number of anilines is 1. The maximum absolute atomic E-state index is 12.3. The van der Waals surface area contributed by atoms with E-state index in [0.29, 0.717) is 26.2 Å². The summed E-state index contributed by atoms with van der Waals surface area (Å²) in [5, 5.41) is 2.33. The minimum absolute atomic E-state index is 0.221. The van der Waals surface area contributed by atoms with E-state index in [-0.39, 0.29) is 12.5 Å². The van der Waals surface area contributed by atoms with Crippen molar-refractivity contribution in [3.05, 3.63) is 24.3 Å². The Morgan fingerprint density at radius 3 is 2.15 bits per heavy atom. The third-order valence-electron chi connectivity index (χ3n) is 4.05. The van der Waals surface area contributed by atoms with Gasteiger partial charge in [-0.05, 0) is 45.0 Å². The molecule has 8 nitrogen and oxygen atoms in total. The van der Waals surface area contributed by atoms with E-state index in [4.69, 9.17) is 9.47 Å². The van der Waals surface area contributed by atoms with Crippen molar-refractivity contribution in [2.45, 2.75) is 26.4 Å². The highest BCUT2D eigenvalue weighted by Gasteiger charge is 2.25. The van der Waals surface area contributed by atoms with Crippen LogP contribution in [0, 0.1) is 0 Å². The number of hydrogen-bond acceptors (Lipinski definition) is 6. The number of hydrogen-bond donors (Lipinski definition) is 1. The van der Waals surface area contributed by atoms with E-state index in [2.05, 4.69) is 10.2 Å². The van der Waals surface area contributed by atoms with Gasteiger partial charge in [-0.15, -0.1) is 0 Å². The molecular weight excluding hydrogens is 350 g/mol. The van der Waals surface area contributed by atoms with E-state index in [9.17, 15) is 14.4 Å². The zero-order chi connectivity index (χ0) is 20.0. The lowest BCUT2D eigenvalue weighted by Crippen LogP contribution is -2.51. The van der Waals surface area contributed by atoms with Crippen LogP contribution in [0.15, 0.2) is 24.3 Å². The first-order chi connectivity index (χ1) is 12.7. The van der Waals surface area contributed by atoms with Crippen LogP contribution in [0.25, 0.3) is 0 Å². The van der Waals surface area contributed by atoms with E-state index in [0.717, 1.165) is 11.4 Å². The lowest BCUT2D eigenvalue weighted by molar-refractivity contribution is -0.163. The molecule has 1 aliphatic heterocycles. The summed E-state index contributed by atoms with van der Waals surface area (Å²) in [6.45, 7) is 7.28. The molecule has 2 amide bonds. The number of esters is 1. The molecule has 1 heterocycles. The monoisotopic (exact) mass is 377 g/mol. The Labute approximate surface area is 159 Å². The molecule has 1 aliphatic rings. The Morgan fingerprint density at radius 1 is 1.04 bits per heavy atom. The Balaban J connectivity index is 1.77. The van der Waals surface area contributed by atoms with Gasteiger partial charge in [-0.2, -0.15) is 0 Å². The first-order valence-electron chi connectivity index (χ1n) is 8.87. The second-order valence-corrected chi connectivity index (χ2v) is 7.25. The van der Waals surface area contributed by atoms with Gasteiger partial charge in [0.05, 0.1) is 13.7 Å². The summed E-state index contributed by atoms with van der Waals surface area (Å²) in [4.78, 5) is 39.5. The summed E-state index contributed by atoms with van der Waals surface area (Å²) in [6.07, 6.45) is 0. The zero-order valence-electron chi connectivity index (χ0n) is 16.3. The second-order valence-electron chi connectivity index (χ2n) is 7.25. The van der Waals surface area contributed by atoms with Crippen molar-refractivity contribution in [2.24, 2.45) is 0 Å². The Morgan fingerprint density at radius 2 is 1.63 bits per heavy atom. The summed E-state index contributed by atoms with van der Waals surface area (Å²) in [6, 6.07) is 7.77. The van der Waals surface area contributed by atoms with Gasteiger partial charge in [-0.25, -0.2) is 4.79 Å². The normalized spacial score (nSPS) is 14.5. The third-order valence-corrected chi connectivity index (χ3v) is 4.05. The van der Waals surface area contributed by atoms with Gasteiger partial charge >= 0.3 is 11.9 Å². The number of carbonyl (C=O) groups excluding carboxylic acids is 3. The average molecular weight is 377 g/mol. The molecule has 2 rings (SSSR count). The first kappa shape index (κ1) is 20.5. The second kappa shape index (κ2) is 8.75. The lowest BCUT2D eigenvalue weighted by Gasteiger charge is -2.36. The molecule has 1 N–H and O–H groups in total. The van der Waals surface area contributed by atoms with Gasteiger partial charge in [-0.3, -0.25) is 9.59 Å². The van der Waals surface area contributed by atoms with Crippen LogP contribution in [-0.4, -0.2) is 68.1 Å². The van der Waals surface area contributed by atoms with E-state index >= 15 is 0 Å².